The molecule has 0 aliphatic rings. The van der Waals surface area contributed by atoms with E-state index < -0.39 is 0 Å². The number of aromatic nitrogens is 2. The Hall–Kier alpha value is -1.81. The second-order valence-electron chi connectivity index (χ2n) is 4.76. The molecule has 0 fully saturated rings. The van der Waals surface area contributed by atoms with Crippen molar-refractivity contribution in [2.45, 2.75) is 13.3 Å². The lowest BCUT2D eigenvalue weighted by atomic mass is 10.1. The van der Waals surface area contributed by atoms with Crippen LogP contribution in [-0.2, 0) is 0 Å². The Morgan fingerprint density at radius 1 is 1.30 bits per heavy atom. The van der Waals surface area contributed by atoms with Crippen LogP contribution in [0.2, 0.25) is 0 Å². The van der Waals surface area contributed by atoms with Gasteiger partial charge in [-0.15, -0.1) is 0 Å². The highest BCUT2D eigenvalue weighted by Crippen LogP contribution is 2.25. The fraction of sp³-hybridized carbons (Fsp3) is 0.250. The lowest BCUT2D eigenvalue weighted by molar-refractivity contribution is 0.102. The van der Waals surface area contributed by atoms with Crippen LogP contribution in [0.25, 0.3) is 21.9 Å². The summed E-state index contributed by atoms with van der Waals surface area (Å²) in [7, 11) is 0. The molecule has 102 valence electrons. The van der Waals surface area contributed by atoms with Crippen molar-refractivity contribution in [2.75, 3.05) is 11.5 Å². The number of rotatable bonds is 5. The Kier molecular flexibility index (Phi) is 3.74. The molecule has 2 aromatic heterocycles. The summed E-state index contributed by atoms with van der Waals surface area (Å²) in [5.74, 6) is 1.79. The van der Waals surface area contributed by atoms with Gasteiger partial charge in [0.15, 0.2) is 5.78 Å². The zero-order valence-electron chi connectivity index (χ0n) is 11.3. The monoisotopic (exact) mass is 284 g/mol. The molecule has 0 radical (unpaired) electrons. The van der Waals surface area contributed by atoms with Gasteiger partial charge in [-0.2, -0.15) is 11.8 Å². The molecular weight excluding hydrogens is 268 g/mol. The number of nitrogens with zero attached hydrogens (tertiary/aromatic N) is 1. The van der Waals surface area contributed by atoms with E-state index in [1.165, 1.54) is 0 Å². The molecular formula is C16H16N2OS. The average molecular weight is 284 g/mol. The van der Waals surface area contributed by atoms with E-state index in [2.05, 4.69) is 16.9 Å². The lowest BCUT2D eigenvalue weighted by Crippen LogP contribution is -2.02. The number of fused-ring (bicyclic) bond motifs is 3. The van der Waals surface area contributed by atoms with E-state index in [4.69, 9.17) is 0 Å². The number of ketones is 1. The molecule has 2 heterocycles. The minimum Gasteiger partial charge on any atom is -0.339 e. The van der Waals surface area contributed by atoms with E-state index >= 15 is 0 Å². The van der Waals surface area contributed by atoms with Gasteiger partial charge in [0.1, 0.15) is 5.65 Å². The molecule has 0 aliphatic heterocycles. The zero-order chi connectivity index (χ0) is 13.9. The minimum absolute atomic E-state index is 0.198. The third kappa shape index (κ3) is 2.43. The van der Waals surface area contributed by atoms with Crippen molar-refractivity contribution in [2.24, 2.45) is 0 Å². The molecule has 1 aromatic carbocycles. The van der Waals surface area contributed by atoms with Crippen LogP contribution in [0.3, 0.4) is 0 Å². The predicted octanol–water partition coefficient (Wildman–Crippen LogP) is 4.04. The van der Waals surface area contributed by atoms with Crippen LogP contribution in [-0.4, -0.2) is 27.3 Å². The number of hydrogen-bond acceptors (Lipinski definition) is 3. The Bertz CT molecular complexity index is 763. The maximum atomic E-state index is 12.2. The van der Waals surface area contributed by atoms with Crippen molar-refractivity contribution < 1.29 is 4.79 Å². The van der Waals surface area contributed by atoms with Gasteiger partial charge in [-0.3, -0.25) is 4.79 Å². The van der Waals surface area contributed by atoms with E-state index in [0.717, 1.165) is 39.7 Å². The third-order valence-electron chi connectivity index (χ3n) is 3.27. The van der Waals surface area contributed by atoms with Gasteiger partial charge in [-0.25, -0.2) is 4.98 Å². The third-order valence-corrected chi connectivity index (χ3v) is 4.44. The van der Waals surface area contributed by atoms with Crippen LogP contribution in [0.4, 0.5) is 0 Å². The smallest absolute Gasteiger partial charge is 0.172 e. The highest BCUT2D eigenvalue weighted by molar-refractivity contribution is 7.99. The van der Waals surface area contributed by atoms with Crippen LogP contribution in [0.15, 0.2) is 36.5 Å². The molecule has 3 rings (SSSR count). The summed E-state index contributed by atoms with van der Waals surface area (Å²) in [4.78, 5) is 19.8. The second kappa shape index (κ2) is 5.67. The van der Waals surface area contributed by atoms with Gasteiger partial charge in [0, 0.05) is 28.0 Å². The van der Waals surface area contributed by atoms with E-state index in [0.29, 0.717) is 5.75 Å². The second-order valence-corrected chi connectivity index (χ2v) is 5.87. The zero-order valence-corrected chi connectivity index (χ0v) is 12.2. The number of hydrogen-bond donors (Lipinski definition) is 1. The molecule has 0 spiro atoms. The number of nitrogens with one attached hydrogen (secondary N) is 1. The number of thioether (sulfide) groups is 1. The first-order valence-corrected chi connectivity index (χ1v) is 7.92. The van der Waals surface area contributed by atoms with Crippen LogP contribution in [0.1, 0.15) is 23.7 Å². The van der Waals surface area contributed by atoms with Crippen molar-refractivity contribution in [1.82, 2.24) is 9.97 Å². The summed E-state index contributed by atoms with van der Waals surface area (Å²) in [5.41, 5.74) is 2.68. The van der Waals surface area contributed by atoms with Crippen molar-refractivity contribution in [3.05, 3.63) is 42.1 Å². The van der Waals surface area contributed by atoms with Crippen LogP contribution >= 0.6 is 11.8 Å². The van der Waals surface area contributed by atoms with Crippen molar-refractivity contribution in [3.8, 4) is 0 Å². The summed E-state index contributed by atoms with van der Waals surface area (Å²) in [5, 5.41) is 2.14. The van der Waals surface area contributed by atoms with Crippen LogP contribution < -0.4 is 0 Å². The molecule has 1 N–H and O–H groups in total. The van der Waals surface area contributed by atoms with Gasteiger partial charge in [-0.1, -0.05) is 6.92 Å². The number of Topliss-reactive ketones (excluding diaryl/α,β-unsaturated/α-hetero) is 1. The summed E-state index contributed by atoms with van der Waals surface area (Å²) in [6.07, 6.45) is 2.87. The number of benzene rings is 1. The fourth-order valence-electron chi connectivity index (χ4n) is 2.29. The quantitative estimate of drug-likeness (QED) is 0.568. The number of aromatic amines is 1. The molecule has 0 aliphatic carbocycles. The van der Waals surface area contributed by atoms with E-state index in [9.17, 15) is 4.79 Å². The average Bonchev–Trinajstić information content (AvgIpc) is 2.85. The predicted molar refractivity (Wildman–Crippen MR) is 85.5 cm³/mol. The Morgan fingerprint density at radius 2 is 2.20 bits per heavy atom. The lowest BCUT2D eigenvalue weighted by Gasteiger charge is -2.01. The van der Waals surface area contributed by atoms with Crippen molar-refractivity contribution >= 4 is 39.5 Å². The first-order chi connectivity index (χ1) is 9.79. The molecule has 3 aromatic rings. The highest BCUT2D eigenvalue weighted by Gasteiger charge is 2.10. The summed E-state index contributed by atoms with van der Waals surface area (Å²) in [6.45, 7) is 2.13. The molecule has 0 unspecified atom stereocenters. The van der Waals surface area contributed by atoms with Gasteiger partial charge < -0.3 is 4.98 Å². The first kappa shape index (κ1) is 13.2. The van der Waals surface area contributed by atoms with Crippen LogP contribution in [0.5, 0.6) is 0 Å². The molecule has 0 atom stereocenters. The molecule has 4 heteroatoms. The standard InChI is InChI=1S/C16H16N2OS/c1-2-8-20-10-15(19)11-5-6-14-13(9-11)12-4-3-7-17-16(12)18-14/h3-7,9H,2,8,10H2,1H3,(H,17,18). The molecule has 0 bridgehead atoms. The first-order valence-electron chi connectivity index (χ1n) is 6.77. The highest BCUT2D eigenvalue weighted by atomic mass is 32.2. The topological polar surface area (TPSA) is 45.8 Å². The Balaban J connectivity index is 1.97. The fourth-order valence-corrected chi connectivity index (χ4v) is 3.08. The van der Waals surface area contributed by atoms with E-state index in [1.54, 1.807) is 18.0 Å². The van der Waals surface area contributed by atoms with E-state index in [1.807, 2.05) is 30.3 Å². The molecule has 0 saturated heterocycles. The van der Waals surface area contributed by atoms with Crippen molar-refractivity contribution in [3.63, 3.8) is 0 Å². The van der Waals surface area contributed by atoms with Gasteiger partial charge in [0.05, 0.1) is 5.75 Å². The molecule has 0 saturated carbocycles. The Morgan fingerprint density at radius 3 is 3.05 bits per heavy atom. The van der Waals surface area contributed by atoms with Gasteiger partial charge in [0.25, 0.3) is 0 Å². The van der Waals surface area contributed by atoms with E-state index in [-0.39, 0.29) is 5.78 Å². The van der Waals surface area contributed by atoms with Gasteiger partial charge in [0.2, 0.25) is 0 Å². The summed E-state index contributed by atoms with van der Waals surface area (Å²) >= 11 is 1.70. The largest absolute Gasteiger partial charge is 0.339 e. The molecule has 20 heavy (non-hydrogen) atoms. The SMILES string of the molecule is CCCSCC(=O)c1ccc2[nH]c3ncccc3c2c1. The summed E-state index contributed by atoms with van der Waals surface area (Å²) in [6, 6.07) is 9.79. The van der Waals surface area contributed by atoms with Crippen molar-refractivity contribution in [1.29, 1.82) is 0 Å². The summed E-state index contributed by atoms with van der Waals surface area (Å²) < 4.78 is 0. The number of carbonyl (C=O) groups is 1. The maximum Gasteiger partial charge on any atom is 0.172 e. The number of carbonyl (C=O) groups excluding carboxylic acids is 1. The number of H-pyrrole nitrogens is 1. The van der Waals surface area contributed by atoms with Gasteiger partial charge in [-0.05, 0) is 42.5 Å². The normalized spacial score (nSPS) is 11.2. The van der Waals surface area contributed by atoms with Gasteiger partial charge >= 0.3 is 0 Å². The van der Waals surface area contributed by atoms with Crippen LogP contribution in [0, 0.1) is 0 Å². The molecule has 3 nitrogen and oxygen atoms in total. The Labute approximate surface area is 121 Å². The molecule has 0 amide bonds. The maximum absolute atomic E-state index is 12.2. The number of pyridine rings is 1. The minimum atomic E-state index is 0.198.